The number of piperazine rings is 1. The Hall–Kier alpha value is -3.43. The third kappa shape index (κ3) is 4.36. The van der Waals surface area contributed by atoms with Crippen molar-refractivity contribution in [2.24, 2.45) is 5.92 Å². The maximum Gasteiger partial charge on any atom is 0.266 e. The lowest BCUT2D eigenvalue weighted by atomic mass is 10.1. The van der Waals surface area contributed by atoms with Gasteiger partial charge in [-0.05, 0) is 25.8 Å². The number of carbonyl (C=O) groups excluding carboxylic acids is 1. The first-order valence-electron chi connectivity index (χ1n) is 11.4. The number of carbonyl (C=O) groups is 1. The maximum absolute atomic E-state index is 14.5. The van der Waals surface area contributed by atoms with Crippen molar-refractivity contribution in [1.82, 2.24) is 20.1 Å². The summed E-state index contributed by atoms with van der Waals surface area (Å²) in [6.07, 6.45) is 0.900. The fourth-order valence-corrected chi connectivity index (χ4v) is 4.31. The lowest BCUT2D eigenvalue weighted by Crippen LogP contribution is -2.49. The molecule has 5 rings (SSSR count). The Bertz CT molecular complexity index is 1220. The summed E-state index contributed by atoms with van der Waals surface area (Å²) < 4.78 is 40.5. The van der Waals surface area contributed by atoms with Gasteiger partial charge in [-0.25, -0.2) is 13.2 Å². The van der Waals surface area contributed by atoms with Crippen LogP contribution in [0.2, 0.25) is 0 Å². The van der Waals surface area contributed by atoms with Crippen LogP contribution in [0, 0.1) is 18.7 Å². The number of aryl methyl sites for hydroxylation is 1. The number of amides is 1. The van der Waals surface area contributed by atoms with Crippen LogP contribution < -0.4 is 10.2 Å². The van der Waals surface area contributed by atoms with E-state index in [4.69, 9.17) is 0 Å². The molecular weight excluding hydrogens is 445 g/mol. The minimum absolute atomic E-state index is 0.0224. The van der Waals surface area contributed by atoms with Gasteiger partial charge in [0.1, 0.15) is 5.82 Å². The molecule has 0 bridgehead atoms. The molecule has 1 amide bonds. The number of nitrogens with one attached hydrogen (secondary N) is 1. The molecular formula is C24H25F3N6O. The van der Waals surface area contributed by atoms with Crippen molar-refractivity contribution < 1.29 is 18.0 Å². The van der Waals surface area contributed by atoms with E-state index < -0.39 is 17.8 Å². The van der Waals surface area contributed by atoms with Gasteiger partial charge in [0.2, 0.25) is 5.91 Å². The number of anilines is 2. The van der Waals surface area contributed by atoms with Crippen molar-refractivity contribution in [2.45, 2.75) is 32.7 Å². The van der Waals surface area contributed by atoms with E-state index in [2.05, 4.69) is 25.4 Å². The highest BCUT2D eigenvalue weighted by atomic mass is 19.3. The Morgan fingerprint density at radius 1 is 1.18 bits per heavy atom. The molecule has 3 aromatic rings. The summed E-state index contributed by atoms with van der Waals surface area (Å²) in [4.78, 5) is 21.0. The molecule has 34 heavy (non-hydrogen) atoms. The monoisotopic (exact) mass is 470 g/mol. The van der Waals surface area contributed by atoms with Gasteiger partial charge in [-0.15, -0.1) is 5.10 Å². The Morgan fingerprint density at radius 2 is 1.94 bits per heavy atom. The Balaban J connectivity index is 1.36. The second-order valence-corrected chi connectivity index (χ2v) is 8.78. The van der Waals surface area contributed by atoms with E-state index in [9.17, 15) is 18.0 Å². The molecule has 1 aliphatic heterocycles. The first kappa shape index (κ1) is 22.4. The zero-order valence-corrected chi connectivity index (χ0v) is 18.8. The van der Waals surface area contributed by atoms with Crippen molar-refractivity contribution in [3.05, 3.63) is 53.1 Å². The molecule has 1 saturated heterocycles. The van der Waals surface area contributed by atoms with Gasteiger partial charge in [0, 0.05) is 49.6 Å². The number of rotatable bonds is 6. The lowest BCUT2D eigenvalue weighted by molar-refractivity contribution is -0.132. The van der Waals surface area contributed by atoms with Crippen molar-refractivity contribution in [3.8, 4) is 0 Å². The van der Waals surface area contributed by atoms with E-state index in [0.717, 1.165) is 24.6 Å². The number of hydrogen-bond acceptors (Lipinski definition) is 6. The normalized spacial score (nSPS) is 16.4. The third-order valence-electron chi connectivity index (χ3n) is 6.44. The minimum atomic E-state index is -2.88. The summed E-state index contributed by atoms with van der Waals surface area (Å²) >= 11 is 0. The van der Waals surface area contributed by atoms with Crippen molar-refractivity contribution in [1.29, 1.82) is 0 Å². The molecule has 0 atom stereocenters. The quantitative estimate of drug-likeness (QED) is 0.585. The number of aromatic nitrogens is 3. The highest BCUT2D eigenvalue weighted by molar-refractivity contribution is 5.92. The average molecular weight is 470 g/mol. The zero-order valence-electron chi connectivity index (χ0n) is 18.8. The summed E-state index contributed by atoms with van der Waals surface area (Å²) in [5, 5.41) is 12.1. The van der Waals surface area contributed by atoms with Crippen LogP contribution in [-0.4, -0.2) is 52.2 Å². The predicted octanol–water partition coefficient (Wildman–Crippen LogP) is 4.08. The SMILES string of the molecule is Cc1nnc(NCc2cccc(C(F)F)c2F)c2cc(N3CCN(C(=O)C4CC4)CC3)cnc12. The van der Waals surface area contributed by atoms with Gasteiger partial charge in [0.05, 0.1) is 28.7 Å². The topological polar surface area (TPSA) is 74.2 Å². The fraction of sp³-hybridized carbons (Fsp3) is 0.417. The van der Waals surface area contributed by atoms with E-state index in [1.807, 2.05) is 11.0 Å². The highest BCUT2D eigenvalue weighted by Gasteiger charge is 2.34. The third-order valence-corrected chi connectivity index (χ3v) is 6.44. The number of nitrogens with zero attached hydrogens (tertiary/aromatic N) is 5. The van der Waals surface area contributed by atoms with Crippen LogP contribution >= 0.6 is 0 Å². The second kappa shape index (κ2) is 9.08. The van der Waals surface area contributed by atoms with Crippen molar-refractivity contribution >= 4 is 28.3 Å². The molecule has 2 aromatic heterocycles. The van der Waals surface area contributed by atoms with Gasteiger partial charge in [-0.1, -0.05) is 18.2 Å². The molecule has 2 fully saturated rings. The Kier molecular flexibility index (Phi) is 5.97. The van der Waals surface area contributed by atoms with Crippen LogP contribution in [0.5, 0.6) is 0 Å². The van der Waals surface area contributed by atoms with Gasteiger partial charge in [-0.2, -0.15) is 5.10 Å². The first-order chi connectivity index (χ1) is 16.4. The summed E-state index contributed by atoms with van der Waals surface area (Å²) in [5.74, 6) is -0.0433. The molecule has 2 aliphatic rings. The van der Waals surface area contributed by atoms with Crippen LogP contribution in [0.15, 0.2) is 30.5 Å². The molecule has 1 saturated carbocycles. The molecule has 1 N–H and O–H groups in total. The summed E-state index contributed by atoms with van der Waals surface area (Å²) in [6, 6.07) is 5.91. The Morgan fingerprint density at radius 3 is 2.65 bits per heavy atom. The molecule has 3 heterocycles. The van der Waals surface area contributed by atoms with E-state index in [1.54, 1.807) is 13.1 Å². The van der Waals surface area contributed by atoms with Gasteiger partial charge >= 0.3 is 0 Å². The summed E-state index contributed by atoms with van der Waals surface area (Å²) in [7, 11) is 0. The number of pyridine rings is 1. The average Bonchev–Trinajstić information content (AvgIpc) is 3.69. The summed E-state index contributed by atoms with van der Waals surface area (Å²) in [6.45, 7) is 4.54. The van der Waals surface area contributed by atoms with E-state index in [-0.39, 0.29) is 23.9 Å². The van der Waals surface area contributed by atoms with Crippen LogP contribution in [0.3, 0.4) is 0 Å². The van der Waals surface area contributed by atoms with Gasteiger partial charge in [0.15, 0.2) is 5.82 Å². The number of benzene rings is 1. The molecule has 10 heteroatoms. The number of fused-ring (bicyclic) bond motifs is 1. The number of alkyl halides is 2. The zero-order chi connectivity index (χ0) is 23.8. The lowest BCUT2D eigenvalue weighted by Gasteiger charge is -2.36. The standard InChI is InChI=1S/C24H25F3N6O/c1-14-21-19(23(31-30-14)29-12-16-3-2-4-18(20(16)25)22(26)27)11-17(13-28-21)32-7-9-33(10-8-32)24(34)15-5-6-15/h2-4,11,13,15,22H,5-10,12H2,1H3,(H,29,31). The molecule has 0 spiro atoms. The van der Waals surface area contributed by atoms with Crippen LogP contribution in [-0.2, 0) is 11.3 Å². The number of halogens is 3. The summed E-state index contributed by atoms with van der Waals surface area (Å²) in [5.41, 5.74) is 1.70. The van der Waals surface area contributed by atoms with Crippen LogP contribution in [0.4, 0.5) is 24.7 Å². The predicted molar refractivity (Wildman–Crippen MR) is 122 cm³/mol. The first-order valence-corrected chi connectivity index (χ1v) is 11.4. The van der Waals surface area contributed by atoms with Gasteiger partial charge < -0.3 is 15.1 Å². The van der Waals surface area contributed by atoms with Gasteiger partial charge in [-0.3, -0.25) is 9.78 Å². The molecule has 178 valence electrons. The fourth-order valence-electron chi connectivity index (χ4n) is 4.31. The molecule has 0 radical (unpaired) electrons. The van der Waals surface area contributed by atoms with Crippen LogP contribution in [0.1, 0.15) is 36.1 Å². The van der Waals surface area contributed by atoms with Crippen molar-refractivity contribution in [2.75, 3.05) is 36.4 Å². The largest absolute Gasteiger partial charge is 0.367 e. The van der Waals surface area contributed by atoms with E-state index in [0.29, 0.717) is 48.6 Å². The molecule has 7 nitrogen and oxygen atoms in total. The maximum atomic E-state index is 14.5. The smallest absolute Gasteiger partial charge is 0.266 e. The molecule has 0 unspecified atom stereocenters. The van der Waals surface area contributed by atoms with Crippen molar-refractivity contribution in [3.63, 3.8) is 0 Å². The highest BCUT2D eigenvalue weighted by Crippen LogP contribution is 2.32. The van der Waals surface area contributed by atoms with Crippen LogP contribution in [0.25, 0.3) is 10.9 Å². The minimum Gasteiger partial charge on any atom is -0.367 e. The molecule has 1 aliphatic carbocycles. The Labute approximate surface area is 195 Å². The van der Waals surface area contributed by atoms with E-state index in [1.165, 1.54) is 12.1 Å². The van der Waals surface area contributed by atoms with Gasteiger partial charge in [0.25, 0.3) is 6.43 Å². The van der Waals surface area contributed by atoms with E-state index >= 15 is 0 Å². The number of hydrogen-bond donors (Lipinski definition) is 1. The molecule has 1 aromatic carbocycles. The second-order valence-electron chi connectivity index (χ2n) is 8.78.